The highest BCUT2D eigenvalue weighted by Gasteiger charge is 2.11. The summed E-state index contributed by atoms with van der Waals surface area (Å²) in [6.07, 6.45) is 1.24. The van der Waals surface area contributed by atoms with Crippen molar-refractivity contribution >= 4 is 17.0 Å². The van der Waals surface area contributed by atoms with Gasteiger partial charge in [0.25, 0.3) is 0 Å². The fraction of sp³-hybridized carbons (Fsp3) is 0.118. The molecule has 0 saturated heterocycles. The van der Waals surface area contributed by atoms with Crippen LogP contribution >= 0.6 is 0 Å². The van der Waals surface area contributed by atoms with Crippen LogP contribution in [-0.2, 0) is 18.0 Å². The van der Waals surface area contributed by atoms with Crippen molar-refractivity contribution in [3.8, 4) is 0 Å². The van der Waals surface area contributed by atoms with E-state index in [1.54, 1.807) is 6.20 Å². The third kappa shape index (κ3) is 2.66. The number of aliphatic hydroxyl groups excluding tert-OH is 1. The van der Waals surface area contributed by atoms with Gasteiger partial charge < -0.3 is 9.84 Å². The van der Waals surface area contributed by atoms with Gasteiger partial charge >= 0.3 is 6.09 Å². The Balaban J connectivity index is 1.82. The summed E-state index contributed by atoms with van der Waals surface area (Å²) in [4.78, 5) is 12.2. The van der Waals surface area contributed by atoms with Gasteiger partial charge in [-0.15, -0.1) is 0 Å². The summed E-state index contributed by atoms with van der Waals surface area (Å²) in [5.41, 5.74) is 2.47. The Morgan fingerprint density at radius 2 is 1.86 bits per heavy atom. The minimum absolute atomic E-state index is 0.0551. The fourth-order valence-corrected chi connectivity index (χ4v) is 2.32. The Hall–Kier alpha value is -2.59. The summed E-state index contributed by atoms with van der Waals surface area (Å²) in [6.45, 7) is 0.180. The number of carbonyl (C=O) groups is 1. The normalized spacial score (nSPS) is 10.7. The van der Waals surface area contributed by atoms with E-state index in [0.717, 1.165) is 22.0 Å². The third-order valence-electron chi connectivity index (χ3n) is 3.40. The molecule has 0 amide bonds. The smallest absolute Gasteiger partial charge is 0.418 e. The number of ether oxygens (including phenoxy) is 1. The molecule has 1 N–H and O–H groups in total. The van der Waals surface area contributed by atoms with Crippen molar-refractivity contribution in [1.82, 2.24) is 4.57 Å². The van der Waals surface area contributed by atoms with E-state index < -0.39 is 6.09 Å². The first-order valence-corrected chi connectivity index (χ1v) is 6.70. The summed E-state index contributed by atoms with van der Waals surface area (Å²) in [5.74, 6) is 0. The van der Waals surface area contributed by atoms with E-state index in [9.17, 15) is 9.90 Å². The predicted molar refractivity (Wildman–Crippen MR) is 79.9 cm³/mol. The lowest BCUT2D eigenvalue weighted by Gasteiger charge is -2.07. The zero-order valence-electron chi connectivity index (χ0n) is 11.4. The molecule has 0 aliphatic carbocycles. The number of nitrogens with zero attached hydrogens (tertiary/aromatic N) is 1. The molecule has 0 spiro atoms. The van der Waals surface area contributed by atoms with Gasteiger partial charge in [0.1, 0.15) is 6.61 Å². The molecule has 0 bridgehead atoms. The monoisotopic (exact) mass is 281 g/mol. The largest absolute Gasteiger partial charge is 0.444 e. The van der Waals surface area contributed by atoms with Crippen LogP contribution in [0.15, 0.2) is 60.8 Å². The molecule has 3 rings (SSSR count). The van der Waals surface area contributed by atoms with Crippen LogP contribution in [0.4, 0.5) is 4.79 Å². The van der Waals surface area contributed by atoms with Gasteiger partial charge in [0.15, 0.2) is 0 Å². The predicted octanol–water partition coefficient (Wildman–Crippen LogP) is 3.32. The quantitative estimate of drug-likeness (QED) is 0.801. The molecule has 3 aromatic rings. The number of hydrogen-bond donors (Lipinski definition) is 1. The molecule has 1 heterocycles. The third-order valence-corrected chi connectivity index (χ3v) is 3.40. The Kier molecular flexibility index (Phi) is 3.71. The number of hydrogen-bond acceptors (Lipinski definition) is 3. The van der Waals surface area contributed by atoms with Gasteiger partial charge in [-0.25, -0.2) is 4.79 Å². The fourth-order valence-electron chi connectivity index (χ4n) is 2.32. The molecule has 1 aromatic heterocycles. The van der Waals surface area contributed by atoms with E-state index in [1.165, 1.54) is 4.57 Å². The molecular weight excluding hydrogens is 266 g/mol. The van der Waals surface area contributed by atoms with E-state index >= 15 is 0 Å². The molecule has 0 aliphatic heterocycles. The maximum Gasteiger partial charge on any atom is 0.418 e. The van der Waals surface area contributed by atoms with Crippen LogP contribution < -0.4 is 0 Å². The molecule has 0 radical (unpaired) electrons. The first kappa shape index (κ1) is 13.4. The standard InChI is InChI=1S/C17H15NO3/c19-11-14-7-4-8-16-15(14)9-10-18(16)17(20)21-12-13-5-2-1-3-6-13/h1-10,19H,11-12H2. The molecule has 4 heteroatoms. The topological polar surface area (TPSA) is 51.5 Å². The first-order valence-electron chi connectivity index (χ1n) is 6.70. The highest BCUT2D eigenvalue weighted by atomic mass is 16.5. The van der Waals surface area contributed by atoms with Crippen LogP contribution in [0.5, 0.6) is 0 Å². The Labute approximate surface area is 122 Å². The van der Waals surface area contributed by atoms with Crippen molar-refractivity contribution in [1.29, 1.82) is 0 Å². The number of aromatic nitrogens is 1. The zero-order chi connectivity index (χ0) is 14.7. The van der Waals surface area contributed by atoms with Crippen LogP contribution in [-0.4, -0.2) is 15.8 Å². The molecule has 106 valence electrons. The molecule has 0 aliphatic rings. The minimum Gasteiger partial charge on any atom is -0.444 e. The van der Waals surface area contributed by atoms with Crippen LogP contribution in [0.25, 0.3) is 10.9 Å². The van der Waals surface area contributed by atoms with E-state index in [1.807, 2.05) is 54.6 Å². The second-order valence-electron chi connectivity index (χ2n) is 4.73. The van der Waals surface area contributed by atoms with Crippen molar-refractivity contribution in [2.45, 2.75) is 13.2 Å². The Bertz CT molecular complexity index is 762. The van der Waals surface area contributed by atoms with Gasteiger partial charge in [0.05, 0.1) is 12.1 Å². The van der Waals surface area contributed by atoms with Crippen molar-refractivity contribution in [3.05, 3.63) is 71.9 Å². The summed E-state index contributed by atoms with van der Waals surface area (Å²) in [7, 11) is 0. The van der Waals surface area contributed by atoms with Gasteiger partial charge in [0.2, 0.25) is 0 Å². The molecule has 4 nitrogen and oxygen atoms in total. The zero-order valence-corrected chi connectivity index (χ0v) is 11.4. The number of benzene rings is 2. The van der Waals surface area contributed by atoms with Crippen LogP contribution in [0.3, 0.4) is 0 Å². The average molecular weight is 281 g/mol. The summed E-state index contributed by atoms with van der Waals surface area (Å²) < 4.78 is 6.77. The highest BCUT2D eigenvalue weighted by molar-refractivity contribution is 5.91. The molecule has 0 saturated carbocycles. The second kappa shape index (κ2) is 5.81. The van der Waals surface area contributed by atoms with E-state index in [2.05, 4.69) is 0 Å². The number of fused-ring (bicyclic) bond motifs is 1. The van der Waals surface area contributed by atoms with Gasteiger partial charge in [-0.3, -0.25) is 4.57 Å². The lowest BCUT2D eigenvalue weighted by atomic mass is 10.1. The van der Waals surface area contributed by atoms with Gasteiger partial charge in [-0.2, -0.15) is 0 Å². The van der Waals surface area contributed by atoms with Crippen LogP contribution in [0.1, 0.15) is 11.1 Å². The van der Waals surface area contributed by atoms with E-state index in [0.29, 0.717) is 0 Å². The second-order valence-corrected chi connectivity index (χ2v) is 4.73. The maximum atomic E-state index is 12.2. The summed E-state index contributed by atoms with van der Waals surface area (Å²) >= 11 is 0. The van der Waals surface area contributed by atoms with E-state index in [-0.39, 0.29) is 13.2 Å². The molecular formula is C17H15NO3. The lowest BCUT2D eigenvalue weighted by Crippen LogP contribution is -2.12. The number of rotatable bonds is 3. The molecule has 0 unspecified atom stereocenters. The molecule has 21 heavy (non-hydrogen) atoms. The Morgan fingerprint density at radius 1 is 1.05 bits per heavy atom. The molecule has 0 atom stereocenters. The van der Waals surface area contributed by atoms with Crippen molar-refractivity contribution < 1.29 is 14.6 Å². The van der Waals surface area contributed by atoms with Gasteiger partial charge in [-0.1, -0.05) is 42.5 Å². The molecule has 0 fully saturated rings. The van der Waals surface area contributed by atoms with E-state index in [4.69, 9.17) is 4.74 Å². The van der Waals surface area contributed by atoms with Crippen molar-refractivity contribution in [2.75, 3.05) is 0 Å². The van der Waals surface area contributed by atoms with Crippen molar-refractivity contribution in [2.24, 2.45) is 0 Å². The minimum atomic E-state index is -0.427. The Morgan fingerprint density at radius 3 is 2.62 bits per heavy atom. The van der Waals surface area contributed by atoms with Gasteiger partial charge in [0, 0.05) is 11.6 Å². The first-order chi connectivity index (χ1) is 10.3. The average Bonchev–Trinajstić information content (AvgIpc) is 2.97. The van der Waals surface area contributed by atoms with Crippen LogP contribution in [0, 0.1) is 0 Å². The number of aliphatic hydroxyl groups is 1. The summed E-state index contributed by atoms with van der Waals surface area (Å²) in [5, 5.41) is 10.2. The molecule has 2 aromatic carbocycles. The highest BCUT2D eigenvalue weighted by Crippen LogP contribution is 2.20. The maximum absolute atomic E-state index is 12.2. The van der Waals surface area contributed by atoms with Gasteiger partial charge in [-0.05, 0) is 23.3 Å². The SMILES string of the molecule is O=C(OCc1ccccc1)n1ccc2c(CO)cccc21. The van der Waals surface area contributed by atoms with Crippen LogP contribution in [0.2, 0.25) is 0 Å². The summed E-state index contributed by atoms with van der Waals surface area (Å²) in [6, 6.07) is 16.8. The number of carbonyl (C=O) groups excluding carboxylic acids is 1. The van der Waals surface area contributed by atoms with Crippen molar-refractivity contribution in [3.63, 3.8) is 0 Å². The lowest BCUT2D eigenvalue weighted by molar-refractivity contribution is 0.142.